The molecule has 0 bridgehead atoms. The van der Waals surface area contributed by atoms with Crippen molar-refractivity contribution in [3.63, 3.8) is 0 Å². The van der Waals surface area contributed by atoms with Crippen LogP contribution < -0.4 is 4.74 Å². The first-order valence-corrected chi connectivity index (χ1v) is 13.0. The van der Waals surface area contributed by atoms with Gasteiger partial charge in [0.25, 0.3) is 0 Å². The number of rotatable bonds is 9. The predicted molar refractivity (Wildman–Crippen MR) is 142 cm³/mol. The standard InChI is InChI=1S/C29H32N2O3S/c1-3-4-18-30(27(32)15-10-22-8-6-5-7-9-22)21-28(33)31-19-16-26-25(17-20-35-26)29(31)23-11-13-24(34-2)14-12-23/h5-15,17,20,29H,3-4,16,18-19,21H2,1-2H3/b15-10+/t29-/m0/s1. The van der Waals surface area contributed by atoms with Crippen LogP contribution in [0.3, 0.4) is 0 Å². The lowest BCUT2D eigenvalue weighted by atomic mass is 9.93. The highest BCUT2D eigenvalue weighted by atomic mass is 32.1. The van der Waals surface area contributed by atoms with Gasteiger partial charge in [-0.05, 0) is 59.2 Å². The van der Waals surface area contributed by atoms with Crippen LogP contribution in [0.5, 0.6) is 5.75 Å². The first-order chi connectivity index (χ1) is 17.1. The number of fused-ring (bicyclic) bond motifs is 1. The maximum absolute atomic E-state index is 13.7. The molecule has 2 heterocycles. The quantitative estimate of drug-likeness (QED) is 0.370. The van der Waals surface area contributed by atoms with Gasteiger partial charge in [-0.2, -0.15) is 0 Å². The van der Waals surface area contributed by atoms with Crippen molar-refractivity contribution >= 4 is 29.2 Å². The Kier molecular flexibility index (Phi) is 8.37. The summed E-state index contributed by atoms with van der Waals surface area (Å²) >= 11 is 1.74. The van der Waals surface area contributed by atoms with Gasteiger partial charge in [-0.3, -0.25) is 9.59 Å². The largest absolute Gasteiger partial charge is 0.497 e. The van der Waals surface area contributed by atoms with E-state index < -0.39 is 0 Å². The number of benzene rings is 2. The minimum absolute atomic E-state index is 0.0276. The molecule has 1 aliphatic heterocycles. The third kappa shape index (κ3) is 6.01. The molecule has 0 radical (unpaired) electrons. The minimum atomic E-state index is -0.161. The van der Waals surface area contributed by atoms with E-state index in [1.165, 1.54) is 10.4 Å². The molecule has 0 unspecified atom stereocenters. The Morgan fingerprint density at radius 2 is 1.89 bits per heavy atom. The Bertz CT molecular complexity index is 1150. The summed E-state index contributed by atoms with van der Waals surface area (Å²) in [6.07, 6.45) is 6.03. The fraction of sp³-hybridized carbons (Fsp3) is 0.310. The normalized spacial score (nSPS) is 15.1. The van der Waals surface area contributed by atoms with E-state index in [1.807, 2.05) is 65.6 Å². The summed E-state index contributed by atoms with van der Waals surface area (Å²) in [7, 11) is 1.65. The molecular weight excluding hydrogens is 456 g/mol. The maximum Gasteiger partial charge on any atom is 0.247 e. The highest BCUT2D eigenvalue weighted by Gasteiger charge is 2.33. The van der Waals surface area contributed by atoms with E-state index in [0.717, 1.165) is 36.1 Å². The van der Waals surface area contributed by atoms with Crippen LogP contribution in [0, 0.1) is 0 Å². The zero-order chi connectivity index (χ0) is 24.6. The molecule has 3 aromatic rings. The molecule has 1 atom stereocenters. The number of hydrogen-bond donors (Lipinski definition) is 0. The molecule has 0 aliphatic carbocycles. The SMILES string of the molecule is CCCCN(CC(=O)N1CCc2sccc2[C@@H]1c1ccc(OC)cc1)C(=O)/C=C/c1ccccc1. The molecule has 4 rings (SSSR count). The van der Waals surface area contributed by atoms with Crippen LogP contribution >= 0.6 is 11.3 Å². The summed E-state index contributed by atoms with van der Waals surface area (Å²) < 4.78 is 5.33. The second-order valence-electron chi connectivity index (χ2n) is 8.67. The summed E-state index contributed by atoms with van der Waals surface area (Å²) in [6, 6.07) is 19.6. The summed E-state index contributed by atoms with van der Waals surface area (Å²) in [6.45, 7) is 3.36. The molecule has 1 aromatic heterocycles. The molecule has 0 spiro atoms. The number of carbonyl (C=O) groups excluding carboxylic acids is 2. The number of unbranched alkanes of at least 4 members (excludes halogenated alkanes) is 1. The van der Waals surface area contributed by atoms with E-state index in [-0.39, 0.29) is 24.4 Å². The van der Waals surface area contributed by atoms with Crippen molar-refractivity contribution in [2.24, 2.45) is 0 Å². The number of thiophene rings is 1. The van der Waals surface area contributed by atoms with Gasteiger partial charge < -0.3 is 14.5 Å². The summed E-state index contributed by atoms with van der Waals surface area (Å²) in [5.41, 5.74) is 3.19. The van der Waals surface area contributed by atoms with Gasteiger partial charge in [0, 0.05) is 24.0 Å². The third-order valence-electron chi connectivity index (χ3n) is 6.36. The molecule has 0 saturated carbocycles. The Hall–Kier alpha value is -3.38. The van der Waals surface area contributed by atoms with E-state index in [1.54, 1.807) is 29.4 Å². The summed E-state index contributed by atoms with van der Waals surface area (Å²) in [5, 5.41) is 2.10. The molecule has 2 aromatic carbocycles. The van der Waals surface area contributed by atoms with Crippen molar-refractivity contribution in [2.45, 2.75) is 32.2 Å². The zero-order valence-corrected chi connectivity index (χ0v) is 21.2. The highest BCUT2D eigenvalue weighted by Crippen LogP contribution is 2.38. The van der Waals surface area contributed by atoms with Crippen LogP contribution in [0.25, 0.3) is 6.08 Å². The zero-order valence-electron chi connectivity index (χ0n) is 20.4. The van der Waals surface area contributed by atoms with Gasteiger partial charge in [0.05, 0.1) is 13.2 Å². The second-order valence-corrected chi connectivity index (χ2v) is 9.67. The fourth-order valence-electron chi connectivity index (χ4n) is 4.44. The molecule has 1 aliphatic rings. The Balaban J connectivity index is 1.55. The van der Waals surface area contributed by atoms with Crippen LogP contribution in [-0.2, 0) is 16.0 Å². The number of hydrogen-bond acceptors (Lipinski definition) is 4. The topological polar surface area (TPSA) is 49.9 Å². The molecule has 182 valence electrons. The van der Waals surface area contributed by atoms with Crippen LogP contribution in [0.1, 0.15) is 47.4 Å². The Morgan fingerprint density at radius 1 is 1.11 bits per heavy atom. The highest BCUT2D eigenvalue weighted by molar-refractivity contribution is 7.10. The van der Waals surface area contributed by atoms with Crippen LogP contribution in [0.2, 0.25) is 0 Å². The van der Waals surface area contributed by atoms with Gasteiger partial charge >= 0.3 is 0 Å². The molecule has 0 fully saturated rings. The first-order valence-electron chi connectivity index (χ1n) is 12.1. The maximum atomic E-state index is 13.7. The molecule has 5 nitrogen and oxygen atoms in total. The van der Waals surface area contributed by atoms with Gasteiger partial charge in [-0.15, -0.1) is 11.3 Å². The summed E-state index contributed by atoms with van der Waals surface area (Å²) in [4.78, 5) is 31.7. The smallest absolute Gasteiger partial charge is 0.247 e. The Labute approximate surface area is 211 Å². The molecule has 2 amide bonds. The van der Waals surface area contributed by atoms with Gasteiger partial charge in [-0.25, -0.2) is 0 Å². The predicted octanol–water partition coefficient (Wildman–Crippen LogP) is 5.57. The van der Waals surface area contributed by atoms with Crippen molar-refractivity contribution in [1.82, 2.24) is 9.80 Å². The van der Waals surface area contributed by atoms with E-state index >= 15 is 0 Å². The molecule has 0 N–H and O–H groups in total. The lowest BCUT2D eigenvalue weighted by Crippen LogP contribution is -2.46. The van der Waals surface area contributed by atoms with Crippen LogP contribution in [0.4, 0.5) is 0 Å². The summed E-state index contributed by atoms with van der Waals surface area (Å²) in [5.74, 6) is 0.625. The molecular formula is C29H32N2O3S. The van der Waals surface area contributed by atoms with Crippen molar-refractivity contribution in [2.75, 3.05) is 26.7 Å². The number of nitrogens with zero attached hydrogens (tertiary/aromatic N) is 2. The molecule has 6 heteroatoms. The minimum Gasteiger partial charge on any atom is -0.497 e. The number of methoxy groups -OCH3 is 1. The average Bonchev–Trinajstić information content (AvgIpc) is 3.38. The van der Waals surface area contributed by atoms with Crippen molar-refractivity contribution in [3.8, 4) is 5.75 Å². The monoisotopic (exact) mass is 488 g/mol. The lowest BCUT2D eigenvalue weighted by molar-refractivity contribution is -0.139. The number of amides is 2. The van der Waals surface area contributed by atoms with Gasteiger partial charge in [0.1, 0.15) is 12.3 Å². The van der Waals surface area contributed by atoms with E-state index in [4.69, 9.17) is 4.74 Å². The van der Waals surface area contributed by atoms with E-state index in [2.05, 4.69) is 18.4 Å². The van der Waals surface area contributed by atoms with Gasteiger partial charge in [-0.1, -0.05) is 55.8 Å². The fourth-order valence-corrected chi connectivity index (χ4v) is 5.34. The second kappa shape index (κ2) is 11.8. The number of carbonyl (C=O) groups is 2. The Morgan fingerprint density at radius 3 is 2.60 bits per heavy atom. The van der Waals surface area contributed by atoms with E-state index in [0.29, 0.717) is 13.1 Å². The lowest BCUT2D eigenvalue weighted by Gasteiger charge is -2.37. The van der Waals surface area contributed by atoms with Crippen LogP contribution in [-0.4, -0.2) is 48.4 Å². The van der Waals surface area contributed by atoms with Crippen molar-refractivity contribution in [3.05, 3.63) is 93.7 Å². The van der Waals surface area contributed by atoms with Crippen molar-refractivity contribution in [1.29, 1.82) is 0 Å². The molecule has 35 heavy (non-hydrogen) atoms. The average molecular weight is 489 g/mol. The number of ether oxygens (including phenoxy) is 1. The third-order valence-corrected chi connectivity index (χ3v) is 7.35. The van der Waals surface area contributed by atoms with Crippen LogP contribution in [0.15, 0.2) is 72.1 Å². The van der Waals surface area contributed by atoms with E-state index in [9.17, 15) is 9.59 Å². The van der Waals surface area contributed by atoms with Gasteiger partial charge in [0.2, 0.25) is 11.8 Å². The molecule has 0 saturated heterocycles. The van der Waals surface area contributed by atoms with Gasteiger partial charge in [0.15, 0.2) is 0 Å². The van der Waals surface area contributed by atoms with Crippen molar-refractivity contribution < 1.29 is 14.3 Å². The first kappa shape index (κ1) is 24.7.